The van der Waals surface area contributed by atoms with Crippen LogP contribution in [0, 0.1) is 25.5 Å². The number of piperidine rings is 1. The second-order valence-corrected chi connectivity index (χ2v) is 12.1. The Morgan fingerprint density at radius 1 is 1.09 bits per heavy atom. The third-order valence-corrected chi connectivity index (χ3v) is 7.19. The Morgan fingerprint density at radius 3 is 2.50 bits per heavy atom. The van der Waals surface area contributed by atoms with Crippen molar-refractivity contribution in [1.82, 2.24) is 29.8 Å². The number of carbonyl (C=O) groups excluding carboxylic acids is 2. The number of benzene rings is 1. The van der Waals surface area contributed by atoms with E-state index in [1.807, 2.05) is 18.4 Å². The van der Waals surface area contributed by atoms with Crippen molar-refractivity contribution in [2.24, 2.45) is 0 Å². The molecule has 1 saturated heterocycles. The summed E-state index contributed by atoms with van der Waals surface area (Å²) in [6.07, 6.45) is 1.16. The van der Waals surface area contributed by atoms with E-state index >= 15 is 4.39 Å². The van der Waals surface area contributed by atoms with E-state index in [2.05, 4.69) is 30.6 Å². The zero-order valence-electron chi connectivity index (χ0n) is 25.8. The third kappa shape index (κ3) is 6.46. The fourth-order valence-corrected chi connectivity index (χ4v) is 5.40. The number of ether oxygens (including phenoxy) is 1. The SMILES string of the molecule is Cc1nc(Nc2ncc(F)c(-c3cc(F)c4nc(C)n(C(C)C)c4c3)n2)ccc1N1CCC(NC(=O)OC(C)(C)C)CC1=O. The number of anilines is 3. The molecule has 0 radical (unpaired) electrons. The highest BCUT2D eigenvalue weighted by atomic mass is 19.1. The van der Waals surface area contributed by atoms with E-state index in [1.54, 1.807) is 57.7 Å². The number of rotatable bonds is 6. The number of aromatic nitrogens is 5. The quantitative estimate of drug-likeness (QED) is 0.269. The first kappa shape index (κ1) is 30.8. The minimum absolute atomic E-state index is 0.0231. The fourth-order valence-electron chi connectivity index (χ4n) is 5.40. The topological polar surface area (TPSA) is 127 Å². The summed E-state index contributed by atoms with van der Waals surface area (Å²) in [6, 6.07) is 6.02. The standard InChI is InChI=1S/C31H36F2N8O3/c1-16(2)41-18(4)36-28-21(32)12-19(13-24(28)41)27-22(33)15-34-29(39-27)38-25-9-8-23(17(3)35-25)40-11-10-20(14-26(40)42)37-30(43)44-31(5,6)7/h8-9,12-13,15-16,20H,10-11,14H2,1-7H3,(H,37,43)(H,34,35,38,39). The Labute approximate surface area is 254 Å². The molecule has 0 saturated carbocycles. The van der Waals surface area contributed by atoms with Gasteiger partial charge in [-0.1, -0.05) is 0 Å². The summed E-state index contributed by atoms with van der Waals surface area (Å²) < 4.78 is 37.2. The normalized spacial score (nSPS) is 15.6. The Morgan fingerprint density at radius 2 is 1.84 bits per heavy atom. The van der Waals surface area contributed by atoms with Crippen molar-refractivity contribution in [3.05, 3.63) is 53.6 Å². The molecule has 0 bridgehead atoms. The molecule has 1 fully saturated rings. The van der Waals surface area contributed by atoms with Crippen molar-refractivity contribution in [1.29, 1.82) is 0 Å². The van der Waals surface area contributed by atoms with Crippen molar-refractivity contribution >= 4 is 40.5 Å². The van der Waals surface area contributed by atoms with Crippen LogP contribution in [0.5, 0.6) is 0 Å². The smallest absolute Gasteiger partial charge is 0.407 e. The molecule has 1 aliphatic rings. The van der Waals surface area contributed by atoms with Gasteiger partial charge in [-0.15, -0.1) is 0 Å². The lowest BCUT2D eigenvalue weighted by atomic mass is 10.0. The Hall–Kier alpha value is -4.68. The molecule has 4 heterocycles. The molecule has 5 rings (SSSR count). The average molecular weight is 607 g/mol. The number of alkyl carbamates (subject to hydrolysis) is 1. The maximum Gasteiger partial charge on any atom is 0.407 e. The number of hydrogen-bond donors (Lipinski definition) is 2. The van der Waals surface area contributed by atoms with Crippen molar-refractivity contribution in [3.8, 4) is 11.3 Å². The molecule has 1 aromatic carbocycles. The summed E-state index contributed by atoms with van der Waals surface area (Å²) >= 11 is 0. The second kappa shape index (κ2) is 11.8. The van der Waals surface area contributed by atoms with Gasteiger partial charge in [0.1, 0.15) is 28.5 Å². The van der Waals surface area contributed by atoms with Gasteiger partial charge in [0.25, 0.3) is 0 Å². The Balaban J connectivity index is 1.32. The number of fused-ring (bicyclic) bond motifs is 1. The number of pyridine rings is 1. The number of aryl methyl sites for hydroxylation is 2. The lowest BCUT2D eigenvalue weighted by Gasteiger charge is -2.33. The van der Waals surface area contributed by atoms with Crippen LogP contribution < -0.4 is 15.5 Å². The molecule has 3 aromatic heterocycles. The number of nitrogens with zero attached hydrogens (tertiary/aromatic N) is 6. The molecule has 1 unspecified atom stereocenters. The molecule has 2 N–H and O–H groups in total. The first-order chi connectivity index (χ1) is 20.7. The molecule has 44 heavy (non-hydrogen) atoms. The fraction of sp³-hybridized carbons (Fsp3) is 0.419. The van der Waals surface area contributed by atoms with E-state index in [-0.39, 0.29) is 47.1 Å². The molecular formula is C31H36F2N8O3. The van der Waals surface area contributed by atoms with E-state index in [4.69, 9.17) is 4.74 Å². The van der Waals surface area contributed by atoms with Gasteiger partial charge < -0.3 is 24.8 Å². The van der Waals surface area contributed by atoms with Crippen LogP contribution in [-0.4, -0.2) is 54.7 Å². The van der Waals surface area contributed by atoms with Crippen LogP contribution in [0.3, 0.4) is 0 Å². The van der Waals surface area contributed by atoms with Gasteiger partial charge in [0, 0.05) is 30.6 Å². The Bertz CT molecular complexity index is 1750. The lowest BCUT2D eigenvalue weighted by Crippen LogP contribution is -2.49. The van der Waals surface area contributed by atoms with Gasteiger partial charge in [-0.05, 0) is 79.2 Å². The summed E-state index contributed by atoms with van der Waals surface area (Å²) in [5, 5.41) is 5.75. The van der Waals surface area contributed by atoms with E-state index in [0.717, 1.165) is 6.20 Å². The molecule has 0 aliphatic carbocycles. The van der Waals surface area contributed by atoms with Crippen molar-refractivity contribution in [2.45, 2.75) is 79.0 Å². The maximum atomic E-state index is 15.0. The molecule has 4 aromatic rings. The van der Waals surface area contributed by atoms with Crippen LogP contribution >= 0.6 is 0 Å². The van der Waals surface area contributed by atoms with E-state index in [0.29, 0.717) is 41.5 Å². The van der Waals surface area contributed by atoms with Crippen molar-refractivity contribution < 1.29 is 23.1 Å². The van der Waals surface area contributed by atoms with E-state index in [9.17, 15) is 14.0 Å². The van der Waals surface area contributed by atoms with Crippen LogP contribution in [0.2, 0.25) is 0 Å². The van der Waals surface area contributed by atoms with Gasteiger partial charge >= 0.3 is 6.09 Å². The number of imidazole rings is 1. The van der Waals surface area contributed by atoms with Gasteiger partial charge in [0.15, 0.2) is 11.6 Å². The maximum absolute atomic E-state index is 15.0. The van der Waals surface area contributed by atoms with Gasteiger partial charge in [-0.2, -0.15) is 0 Å². The molecule has 13 heteroatoms. The summed E-state index contributed by atoms with van der Waals surface area (Å²) in [4.78, 5) is 44.0. The molecule has 1 aliphatic heterocycles. The highest BCUT2D eigenvalue weighted by Gasteiger charge is 2.30. The minimum atomic E-state index is -0.704. The van der Waals surface area contributed by atoms with E-state index in [1.165, 1.54) is 6.07 Å². The van der Waals surface area contributed by atoms with Crippen LogP contribution in [0.4, 0.5) is 31.0 Å². The van der Waals surface area contributed by atoms with Crippen molar-refractivity contribution in [3.63, 3.8) is 0 Å². The third-order valence-electron chi connectivity index (χ3n) is 7.19. The zero-order chi connectivity index (χ0) is 31.9. The molecule has 1 atom stereocenters. The average Bonchev–Trinajstić information content (AvgIpc) is 3.26. The Kier molecular flexibility index (Phi) is 8.23. The molecule has 2 amide bonds. The number of amides is 2. The summed E-state index contributed by atoms with van der Waals surface area (Å²) in [7, 11) is 0. The summed E-state index contributed by atoms with van der Waals surface area (Å²) in [6.45, 7) is 13.2. The highest BCUT2D eigenvalue weighted by Crippen LogP contribution is 2.31. The van der Waals surface area contributed by atoms with Crippen LogP contribution in [-0.2, 0) is 9.53 Å². The number of carbonyl (C=O) groups is 2. The second-order valence-electron chi connectivity index (χ2n) is 12.1. The van der Waals surface area contributed by atoms with Crippen LogP contribution in [0.1, 0.15) is 65.0 Å². The number of hydrogen-bond acceptors (Lipinski definition) is 8. The molecule has 11 nitrogen and oxygen atoms in total. The van der Waals surface area contributed by atoms with Crippen molar-refractivity contribution in [2.75, 3.05) is 16.8 Å². The van der Waals surface area contributed by atoms with Gasteiger partial charge in [0.05, 0.1) is 23.1 Å². The largest absolute Gasteiger partial charge is 0.444 e. The summed E-state index contributed by atoms with van der Waals surface area (Å²) in [5.41, 5.74) is 1.53. The van der Waals surface area contributed by atoms with Gasteiger partial charge in [0.2, 0.25) is 11.9 Å². The van der Waals surface area contributed by atoms with Crippen LogP contribution in [0.15, 0.2) is 30.5 Å². The predicted molar refractivity (Wildman–Crippen MR) is 163 cm³/mol. The lowest BCUT2D eigenvalue weighted by molar-refractivity contribution is -0.120. The molecule has 0 spiro atoms. The van der Waals surface area contributed by atoms with Gasteiger partial charge in [-0.3, -0.25) is 4.79 Å². The molecular weight excluding hydrogens is 570 g/mol. The van der Waals surface area contributed by atoms with Gasteiger partial charge in [-0.25, -0.2) is 33.5 Å². The highest BCUT2D eigenvalue weighted by molar-refractivity contribution is 5.95. The molecule has 232 valence electrons. The first-order valence-corrected chi connectivity index (χ1v) is 14.5. The monoisotopic (exact) mass is 606 g/mol. The minimum Gasteiger partial charge on any atom is -0.444 e. The summed E-state index contributed by atoms with van der Waals surface area (Å²) in [5.74, 6) is -0.311. The first-order valence-electron chi connectivity index (χ1n) is 14.5. The van der Waals surface area contributed by atoms with E-state index < -0.39 is 23.3 Å². The zero-order valence-corrected chi connectivity index (χ0v) is 25.8. The van der Waals surface area contributed by atoms with Crippen LogP contribution in [0.25, 0.3) is 22.3 Å². The number of halogens is 2. The number of nitrogens with one attached hydrogen (secondary N) is 2. The predicted octanol–water partition coefficient (Wildman–Crippen LogP) is 6.13.